The van der Waals surface area contributed by atoms with Gasteiger partial charge in [-0.3, -0.25) is 9.59 Å². The molecule has 8 heteroatoms. The van der Waals surface area contributed by atoms with Gasteiger partial charge in [0.25, 0.3) is 0 Å². The molecule has 0 aromatic heterocycles. The van der Waals surface area contributed by atoms with E-state index >= 15 is 0 Å². The van der Waals surface area contributed by atoms with Crippen molar-refractivity contribution in [2.24, 2.45) is 11.7 Å². The third-order valence-electron chi connectivity index (χ3n) is 3.08. The molecular weight excluding hydrogens is 297 g/mol. The molecule has 1 fully saturated rings. The van der Waals surface area contributed by atoms with Gasteiger partial charge in [0.15, 0.2) is 0 Å². The molecule has 1 aromatic carbocycles. The normalized spacial score (nSPS) is 19.5. The van der Waals surface area contributed by atoms with E-state index in [0.717, 1.165) is 17.0 Å². The van der Waals surface area contributed by atoms with Crippen molar-refractivity contribution >= 4 is 29.1 Å². The quantitative estimate of drug-likeness (QED) is 0.910. The number of carbonyl (C=O) groups excluding carboxylic acids is 2. The summed E-state index contributed by atoms with van der Waals surface area (Å²) in [5.74, 6) is -2.05. The van der Waals surface area contributed by atoms with Crippen LogP contribution in [0.1, 0.15) is 12.0 Å². The fourth-order valence-corrected chi connectivity index (χ4v) is 2.27. The Hall–Kier alpha value is -1.76. The molecule has 1 saturated heterocycles. The van der Waals surface area contributed by atoms with Crippen molar-refractivity contribution < 1.29 is 22.8 Å². The number of anilines is 1. The Morgan fingerprint density at radius 1 is 1.40 bits per heavy atom. The Balaban J connectivity index is 2.43. The Morgan fingerprint density at radius 2 is 2.05 bits per heavy atom. The predicted molar refractivity (Wildman–Crippen MR) is 66.1 cm³/mol. The number of carbonyl (C=O) groups is 2. The van der Waals surface area contributed by atoms with Crippen LogP contribution >= 0.6 is 11.6 Å². The SMILES string of the molecule is NC(=O)C1CC(=O)N(c2ccc(Cl)cc2C(F)(F)F)C1. The summed E-state index contributed by atoms with van der Waals surface area (Å²) in [4.78, 5) is 23.8. The zero-order chi connectivity index (χ0) is 15.1. The first-order chi connectivity index (χ1) is 9.20. The lowest BCUT2D eigenvalue weighted by Crippen LogP contribution is -2.30. The van der Waals surface area contributed by atoms with E-state index in [1.54, 1.807) is 0 Å². The fourth-order valence-electron chi connectivity index (χ4n) is 2.10. The molecule has 2 amide bonds. The molecule has 108 valence electrons. The summed E-state index contributed by atoms with van der Waals surface area (Å²) < 4.78 is 38.9. The van der Waals surface area contributed by atoms with Crippen molar-refractivity contribution in [1.29, 1.82) is 0 Å². The largest absolute Gasteiger partial charge is 0.418 e. The van der Waals surface area contributed by atoms with Crippen LogP contribution in [0.25, 0.3) is 0 Å². The van der Waals surface area contributed by atoms with E-state index in [-0.39, 0.29) is 23.7 Å². The molecule has 1 aliphatic heterocycles. The van der Waals surface area contributed by atoms with Crippen LogP contribution < -0.4 is 10.6 Å². The smallest absolute Gasteiger partial charge is 0.369 e. The van der Waals surface area contributed by atoms with Gasteiger partial charge < -0.3 is 10.6 Å². The minimum Gasteiger partial charge on any atom is -0.369 e. The molecule has 1 heterocycles. The molecule has 0 aliphatic carbocycles. The fraction of sp³-hybridized carbons (Fsp3) is 0.333. The van der Waals surface area contributed by atoms with Gasteiger partial charge in [-0.2, -0.15) is 13.2 Å². The van der Waals surface area contributed by atoms with Crippen molar-refractivity contribution in [3.8, 4) is 0 Å². The van der Waals surface area contributed by atoms with Crippen molar-refractivity contribution in [3.05, 3.63) is 28.8 Å². The van der Waals surface area contributed by atoms with Crippen LogP contribution in [0.15, 0.2) is 18.2 Å². The van der Waals surface area contributed by atoms with Crippen LogP contribution in [0.2, 0.25) is 5.02 Å². The highest BCUT2D eigenvalue weighted by molar-refractivity contribution is 6.30. The first kappa shape index (κ1) is 14.6. The van der Waals surface area contributed by atoms with Gasteiger partial charge in [0.2, 0.25) is 11.8 Å². The van der Waals surface area contributed by atoms with Gasteiger partial charge in [0.05, 0.1) is 17.2 Å². The summed E-state index contributed by atoms with van der Waals surface area (Å²) in [5, 5.41) is -0.0841. The summed E-state index contributed by atoms with van der Waals surface area (Å²) in [6.45, 7) is -0.154. The van der Waals surface area contributed by atoms with E-state index in [0.29, 0.717) is 0 Å². The lowest BCUT2D eigenvalue weighted by Gasteiger charge is -2.21. The molecule has 2 N–H and O–H groups in total. The van der Waals surface area contributed by atoms with Gasteiger partial charge in [0.1, 0.15) is 0 Å². The number of benzene rings is 1. The summed E-state index contributed by atoms with van der Waals surface area (Å²) >= 11 is 5.57. The van der Waals surface area contributed by atoms with Crippen LogP contribution in [-0.2, 0) is 15.8 Å². The summed E-state index contributed by atoms with van der Waals surface area (Å²) in [6, 6.07) is 3.13. The van der Waals surface area contributed by atoms with E-state index in [2.05, 4.69) is 0 Å². The molecule has 0 radical (unpaired) electrons. The number of primary amides is 1. The molecule has 0 bridgehead atoms. The van der Waals surface area contributed by atoms with E-state index in [1.165, 1.54) is 6.07 Å². The van der Waals surface area contributed by atoms with Gasteiger partial charge >= 0.3 is 6.18 Å². The molecule has 1 aliphatic rings. The topological polar surface area (TPSA) is 63.4 Å². The third-order valence-corrected chi connectivity index (χ3v) is 3.32. The number of rotatable bonds is 2. The minimum absolute atomic E-state index is 0.0841. The second-order valence-corrected chi connectivity index (χ2v) is 4.90. The average molecular weight is 307 g/mol. The van der Waals surface area contributed by atoms with Gasteiger partial charge in [-0.05, 0) is 18.2 Å². The highest BCUT2D eigenvalue weighted by Gasteiger charge is 2.40. The molecule has 1 unspecified atom stereocenters. The molecule has 0 spiro atoms. The number of hydrogen-bond acceptors (Lipinski definition) is 2. The first-order valence-electron chi connectivity index (χ1n) is 5.66. The van der Waals surface area contributed by atoms with Crippen LogP contribution in [0.3, 0.4) is 0 Å². The van der Waals surface area contributed by atoms with E-state index < -0.39 is 29.5 Å². The lowest BCUT2D eigenvalue weighted by atomic mass is 10.1. The second kappa shape index (κ2) is 4.97. The number of alkyl halides is 3. The highest BCUT2D eigenvalue weighted by Crippen LogP contribution is 2.39. The van der Waals surface area contributed by atoms with E-state index in [4.69, 9.17) is 17.3 Å². The molecule has 1 aromatic rings. The van der Waals surface area contributed by atoms with Gasteiger partial charge in [0, 0.05) is 18.0 Å². The average Bonchev–Trinajstić information content (AvgIpc) is 2.70. The van der Waals surface area contributed by atoms with Crippen molar-refractivity contribution in [2.45, 2.75) is 12.6 Å². The Kier molecular flexibility index (Phi) is 3.64. The van der Waals surface area contributed by atoms with Crippen LogP contribution in [0.4, 0.5) is 18.9 Å². The van der Waals surface area contributed by atoms with Crippen molar-refractivity contribution in [2.75, 3.05) is 11.4 Å². The van der Waals surface area contributed by atoms with E-state index in [1.807, 2.05) is 0 Å². The minimum atomic E-state index is -4.65. The molecule has 1 atom stereocenters. The van der Waals surface area contributed by atoms with Gasteiger partial charge in [-0.25, -0.2) is 0 Å². The zero-order valence-electron chi connectivity index (χ0n) is 10.1. The van der Waals surface area contributed by atoms with Crippen molar-refractivity contribution in [1.82, 2.24) is 0 Å². The summed E-state index contributed by atoms with van der Waals surface area (Å²) in [6.07, 6.45) is -4.83. The van der Waals surface area contributed by atoms with Crippen LogP contribution in [0, 0.1) is 5.92 Å². The standard InChI is InChI=1S/C12H10ClF3N2O2/c13-7-1-2-9(8(4-7)12(14,15)16)18-5-6(11(17)20)3-10(18)19/h1-2,4,6H,3,5H2,(H2,17,20). The Morgan fingerprint density at radius 3 is 2.55 bits per heavy atom. The van der Waals surface area contributed by atoms with Crippen LogP contribution in [0.5, 0.6) is 0 Å². The number of nitrogens with two attached hydrogens (primary N) is 1. The van der Waals surface area contributed by atoms with E-state index in [9.17, 15) is 22.8 Å². The molecule has 4 nitrogen and oxygen atoms in total. The Bertz CT molecular complexity index is 574. The van der Waals surface area contributed by atoms with Crippen LogP contribution in [-0.4, -0.2) is 18.4 Å². The zero-order valence-corrected chi connectivity index (χ0v) is 10.8. The van der Waals surface area contributed by atoms with Gasteiger partial charge in [-0.15, -0.1) is 0 Å². The predicted octanol–water partition coefficient (Wildman–Crippen LogP) is 2.20. The third kappa shape index (κ3) is 2.72. The molecule has 2 rings (SSSR count). The molecule has 20 heavy (non-hydrogen) atoms. The maximum absolute atomic E-state index is 13.0. The van der Waals surface area contributed by atoms with Gasteiger partial charge in [-0.1, -0.05) is 11.6 Å². The maximum atomic E-state index is 13.0. The number of hydrogen-bond donors (Lipinski definition) is 1. The summed E-state index contributed by atoms with van der Waals surface area (Å²) in [5.41, 5.74) is 3.77. The number of amides is 2. The lowest BCUT2D eigenvalue weighted by molar-refractivity contribution is -0.137. The number of nitrogens with zero attached hydrogens (tertiary/aromatic N) is 1. The maximum Gasteiger partial charge on any atom is 0.418 e. The molecule has 0 saturated carbocycles. The summed E-state index contributed by atoms with van der Waals surface area (Å²) in [7, 11) is 0. The second-order valence-electron chi connectivity index (χ2n) is 4.47. The number of halogens is 4. The first-order valence-corrected chi connectivity index (χ1v) is 6.04. The molecular formula is C12H10ClF3N2O2. The van der Waals surface area contributed by atoms with Crippen molar-refractivity contribution in [3.63, 3.8) is 0 Å². The monoisotopic (exact) mass is 306 g/mol. The Labute approximate surface area is 117 Å². The highest BCUT2D eigenvalue weighted by atomic mass is 35.5.